The number of alkyl halides is 3. The average Bonchev–Trinajstić information content (AvgIpc) is 3.19. The van der Waals surface area contributed by atoms with Crippen molar-refractivity contribution in [2.24, 2.45) is 0 Å². The predicted molar refractivity (Wildman–Crippen MR) is 136 cm³/mol. The number of pyridine rings is 2. The number of urea groups is 1. The van der Waals surface area contributed by atoms with Crippen LogP contribution in [0.5, 0.6) is 0 Å². The van der Waals surface area contributed by atoms with Gasteiger partial charge in [0.15, 0.2) is 0 Å². The number of hydrogen-bond acceptors (Lipinski definition) is 6. The molecule has 8 nitrogen and oxygen atoms in total. The van der Waals surface area contributed by atoms with Crippen LogP contribution in [0.3, 0.4) is 0 Å². The van der Waals surface area contributed by atoms with Gasteiger partial charge in [-0.1, -0.05) is 18.2 Å². The quantitative estimate of drug-likeness (QED) is 0.345. The summed E-state index contributed by atoms with van der Waals surface area (Å²) < 4.78 is 40.8. The Hall–Kier alpha value is -3.99. The van der Waals surface area contributed by atoms with Crippen molar-refractivity contribution in [1.82, 2.24) is 20.2 Å². The van der Waals surface area contributed by atoms with Crippen LogP contribution in [0.25, 0.3) is 0 Å². The molecule has 1 aliphatic heterocycles. The van der Waals surface area contributed by atoms with E-state index in [2.05, 4.69) is 25.9 Å². The van der Waals surface area contributed by atoms with Crippen LogP contribution in [0.4, 0.5) is 35.2 Å². The Morgan fingerprint density at radius 1 is 1.19 bits per heavy atom. The number of carbonyl (C=O) groups excluding carboxylic acids is 1. The zero-order valence-corrected chi connectivity index (χ0v) is 19.7. The molecule has 11 heteroatoms. The minimum atomic E-state index is -4.48. The molecule has 1 fully saturated rings. The van der Waals surface area contributed by atoms with Crippen molar-refractivity contribution in [1.29, 1.82) is 5.41 Å². The highest BCUT2D eigenvalue weighted by atomic mass is 19.4. The van der Waals surface area contributed by atoms with Gasteiger partial charge in [0.25, 0.3) is 0 Å². The standard InChI is InChI=1S/C25H26F3N7O.2H2/c1-15-9-17(7-8-30-15)32-21-12-31-23(10-16(21)11-29)34-24(36)33-22-14-35(2)13-19(22)18-5-3-4-6-20(18)25(26,27)28;;/h3-12,19,22,29H,13-14H2,1-2H3,(H,30,32)(H2,31,33,34,36);2*1H/t19-,22+;;/m1../s1. The summed E-state index contributed by atoms with van der Waals surface area (Å²) in [5, 5.41) is 16.3. The third-order valence-corrected chi connectivity index (χ3v) is 5.99. The largest absolute Gasteiger partial charge is 0.416 e. The van der Waals surface area contributed by atoms with E-state index < -0.39 is 29.7 Å². The first-order valence-corrected chi connectivity index (χ1v) is 11.3. The third-order valence-electron chi connectivity index (χ3n) is 5.99. The van der Waals surface area contributed by atoms with E-state index in [-0.39, 0.29) is 14.2 Å². The lowest BCUT2D eigenvalue weighted by atomic mass is 9.90. The number of aryl methyl sites for hydroxylation is 1. The average molecular weight is 502 g/mol. The van der Waals surface area contributed by atoms with Gasteiger partial charge in [0, 0.05) is 51.2 Å². The van der Waals surface area contributed by atoms with Gasteiger partial charge in [0.1, 0.15) is 5.82 Å². The molecular weight excluding hydrogens is 471 g/mol. The molecule has 3 aromatic rings. The SMILES string of the molecule is Cc1cc(Nc2cnc(NC(=O)N[C@H]3CN(C)C[C@@H]3c3ccccc3C(F)(F)F)cc2C=N)ccn1.[HH].[HH]. The van der Waals surface area contributed by atoms with Gasteiger partial charge in [0.05, 0.1) is 23.5 Å². The van der Waals surface area contributed by atoms with Crippen LogP contribution in [0, 0.1) is 12.3 Å². The Bertz CT molecular complexity index is 1280. The van der Waals surface area contributed by atoms with E-state index >= 15 is 0 Å². The number of hydrogen-bond donors (Lipinski definition) is 4. The molecular formula is C25H30F3N7O. The highest BCUT2D eigenvalue weighted by Crippen LogP contribution is 2.38. The fourth-order valence-corrected chi connectivity index (χ4v) is 4.40. The van der Waals surface area contributed by atoms with E-state index in [0.717, 1.165) is 23.7 Å². The van der Waals surface area contributed by atoms with Gasteiger partial charge in [-0.2, -0.15) is 13.2 Å². The summed E-state index contributed by atoms with van der Waals surface area (Å²) in [6.07, 6.45) is -0.187. The molecule has 2 atom stereocenters. The maximum atomic E-state index is 13.6. The summed E-state index contributed by atoms with van der Waals surface area (Å²) in [5.74, 6) is -0.319. The molecule has 2 aromatic heterocycles. The van der Waals surface area contributed by atoms with E-state index in [9.17, 15) is 18.0 Å². The molecule has 0 bridgehead atoms. The van der Waals surface area contributed by atoms with Gasteiger partial charge >= 0.3 is 12.2 Å². The van der Waals surface area contributed by atoms with Crippen LogP contribution in [0.2, 0.25) is 0 Å². The number of likely N-dealkylation sites (tertiary alicyclic amines) is 1. The Morgan fingerprint density at radius 3 is 2.69 bits per heavy atom. The highest BCUT2D eigenvalue weighted by molar-refractivity contribution is 5.92. The first-order valence-electron chi connectivity index (χ1n) is 11.3. The van der Waals surface area contributed by atoms with Crippen molar-refractivity contribution < 1.29 is 20.8 Å². The maximum Gasteiger partial charge on any atom is 0.416 e. The Labute approximate surface area is 209 Å². The number of likely N-dealkylation sites (N-methyl/N-ethyl adjacent to an activating group) is 1. The maximum absolute atomic E-state index is 13.6. The Kier molecular flexibility index (Phi) is 7.20. The Balaban J connectivity index is 0.00000253. The number of halogens is 3. The van der Waals surface area contributed by atoms with Crippen molar-refractivity contribution in [2.75, 3.05) is 30.8 Å². The van der Waals surface area contributed by atoms with Crippen molar-refractivity contribution in [3.05, 3.63) is 77.2 Å². The molecule has 4 rings (SSSR count). The summed E-state index contributed by atoms with van der Waals surface area (Å²) in [7, 11) is 1.80. The minimum Gasteiger partial charge on any atom is -0.354 e. The van der Waals surface area contributed by atoms with Crippen LogP contribution >= 0.6 is 0 Å². The summed E-state index contributed by atoms with van der Waals surface area (Å²) in [4.78, 5) is 23.0. The first kappa shape index (κ1) is 25.1. The van der Waals surface area contributed by atoms with Crippen LogP contribution in [0.1, 0.15) is 31.2 Å². The number of aromatic nitrogens is 2. The molecule has 0 radical (unpaired) electrons. The Morgan fingerprint density at radius 2 is 1.97 bits per heavy atom. The highest BCUT2D eigenvalue weighted by Gasteiger charge is 2.40. The molecule has 0 saturated carbocycles. The van der Waals surface area contributed by atoms with Crippen molar-refractivity contribution in [3.8, 4) is 0 Å². The molecule has 0 aliphatic carbocycles. The number of carbonyl (C=O) groups is 1. The lowest BCUT2D eigenvalue weighted by molar-refractivity contribution is -0.138. The summed E-state index contributed by atoms with van der Waals surface area (Å²) in [6, 6.07) is 9.53. The van der Waals surface area contributed by atoms with Gasteiger partial charge in [-0.3, -0.25) is 10.3 Å². The van der Waals surface area contributed by atoms with Gasteiger partial charge in [0.2, 0.25) is 0 Å². The van der Waals surface area contributed by atoms with E-state index in [0.29, 0.717) is 24.3 Å². The summed E-state index contributed by atoms with van der Waals surface area (Å²) in [5.41, 5.74) is 2.14. The van der Waals surface area contributed by atoms with Gasteiger partial charge in [-0.15, -0.1) is 0 Å². The van der Waals surface area contributed by atoms with Gasteiger partial charge in [-0.05, 0) is 43.8 Å². The molecule has 1 aromatic carbocycles. The molecule has 0 unspecified atom stereocenters. The molecule has 4 N–H and O–H groups in total. The third kappa shape index (κ3) is 5.80. The molecule has 192 valence electrons. The number of amides is 2. The zero-order chi connectivity index (χ0) is 25.9. The number of rotatable bonds is 6. The monoisotopic (exact) mass is 501 g/mol. The van der Waals surface area contributed by atoms with E-state index in [1.54, 1.807) is 31.4 Å². The molecule has 3 heterocycles. The molecule has 1 aliphatic rings. The number of nitrogens with zero attached hydrogens (tertiary/aromatic N) is 3. The molecule has 36 heavy (non-hydrogen) atoms. The minimum absolute atomic E-state index is 0. The molecule has 2 amide bonds. The normalized spacial score (nSPS) is 18.0. The molecule has 0 spiro atoms. The van der Waals surface area contributed by atoms with Crippen LogP contribution in [-0.4, -0.2) is 53.3 Å². The number of benzene rings is 1. The number of nitrogens with one attached hydrogen (secondary N) is 4. The van der Waals surface area contributed by atoms with Crippen LogP contribution in [-0.2, 0) is 6.18 Å². The second kappa shape index (κ2) is 10.3. The van der Waals surface area contributed by atoms with Crippen molar-refractivity contribution in [2.45, 2.75) is 25.1 Å². The van der Waals surface area contributed by atoms with E-state index in [1.807, 2.05) is 17.9 Å². The van der Waals surface area contributed by atoms with Crippen LogP contribution in [0.15, 0.2) is 54.9 Å². The van der Waals surface area contributed by atoms with Gasteiger partial charge < -0.3 is 20.9 Å². The first-order chi connectivity index (χ1) is 17.1. The van der Waals surface area contributed by atoms with Gasteiger partial charge in [-0.25, -0.2) is 9.78 Å². The second-order valence-corrected chi connectivity index (χ2v) is 8.73. The second-order valence-electron chi connectivity index (χ2n) is 8.73. The topological polar surface area (TPSA) is 106 Å². The fourth-order valence-electron chi connectivity index (χ4n) is 4.40. The smallest absolute Gasteiger partial charge is 0.354 e. The predicted octanol–water partition coefficient (Wildman–Crippen LogP) is 5.26. The number of anilines is 3. The summed E-state index contributed by atoms with van der Waals surface area (Å²) >= 11 is 0. The van der Waals surface area contributed by atoms with Crippen molar-refractivity contribution >= 4 is 29.4 Å². The fraction of sp³-hybridized carbons (Fsp3) is 0.280. The van der Waals surface area contributed by atoms with Crippen LogP contribution < -0.4 is 16.0 Å². The summed E-state index contributed by atoms with van der Waals surface area (Å²) in [6.45, 7) is 2.64. The lowest BCUT2D eigenvalue weighted by Crippen LogP contribution is -2.42. The lowest BCUT2D eigenvalue weighted by Gasteiger charge is -2.23. The zero-order valence-electron chi connectivity index (χ0n) is 19.7. The van der Waals surface area contributed by atoms with E-state index in [4.69, 9.17) is 5.41 Å². The molecule has 1 saturated heterocycles. The van der Waals surface area contributed by atoms with Crippen molar-refractivity contribution in [3.63, 3.8) is 0 Å². The van der Waals surface area contributed by atoms with E-state index in [1.165, 1.54) is 18.3 Å².